The Hall–Kier alpha value is -1.39. The van der Waals surface area contributed by atoms with Crippen LogP contribution in [0.5, 0.6) is 0 Å². The van der Waals surface area contributed by atoms with Gasteiger partial charge < -0.3 is 5.73 Å². The molecule has 0 aliphatic heterocycles. The van der Waals surface area contributed by atoms with Crippen molar-refractivity contribution >= 4 is 5.97 Å². The summed E-state index contributed by atoms with van der Waals surface area (Å²) in [6.45, 7) is 4.30. The Morgan fingerprint density at radius 2 is 1.94 bits per heavy atom. The Balaban J connectivity index is 2.15. The fourth-order valence-electron chi connectivity index (χ4n) is 2.43. The predicted molar refractivity (Wildman–Crippen MR) is 68.3 cm³/mol. The van der Waals surface area contributed by atoms with Crippen LogP contribution in [0.2, 0.25) is 0 Å². The van der Waals surface area contributed by atoms with Gasteiger partial charge in [-0.3, -0.25) is 4.89 Å². The quantitative estimate of drug-likeness (QED) is 0.635. The number of hydrogen-bond donors (Lipinski definition) is 2. The van der Waals surface area contributed by atoms with Gasteiger partial charge in [-0.1, -0.05) is 26.0 Å². The van der Waals surface area contributed by atoms with Crippen LogP contribution < -0.4 is 5.73 Å². The first kappa shape index (κ1) is 13.1. The molecule has 0 amide bonds. The third-order valence-electron chi connectivity index (χ3n) is 3.67. The number of carbonyl (C=O) groups is 1. The molecular weight excluding hydrogens is 230 g/mol. The van der Waals surface area contributed by atoms with E-state index in [1.54, 1.807) is 12.1 Å². The Labute approximate surface area is 107 Å². The van der Waals surface area contributed by atoms with E-state index in [2.05, 4.69) is 18.7 Å². The zero-order chi connectivity index (χ0) is 13.4. The third kappa shape index (κ3) is 2.71. The molecule has 0 atom stereocenters. The Bertz CT molecular complexity index is 447. The molecule has 2 rings (SSSR count). The minimum absolute atomic E-state index is 0.00774. The number of benzene rings is 1. The van der Waals surface area contributed by atoms with E-state index in [-0.39, 0.29) is 11.0 Å². The van der Waals surface area contributed by atoms with Crippen molar-refractivity contribution in [2.75, 3.05) is 0 Å². The molecule has 1 saturated carbocycles. The monoisotopic (exact) mass is 249 g/mol. The van der Waals surface area contributed by atoms with Crippen molar-refractivity contribution in [3.05, 3.63) is 35.4 Å². The van der Waals surface area contributed by atoms with E-state index in [1.165, 1.54) is 0 Å². The van der Waals surface area contributed by atoms with Crippen molar-refractivity contribution in [3.8, 4) is 0 Å². The van der Waals surface area contributed by atoms with Crippen LogP contribution in [0.4, 0.5) is 0 Å². The second-order valence-corrected chi connectivity index (χ2v) is 5.88. The van der Waals surface area contributed by atoms with E-state index in [4.69, 9.17) is 11.0 Å². The molecule has 0 bridgehead atoms. The molecule has 0 radical (unpaired) electrons. The van der Waals surface area contributed by atoms with E-state index >= 15 is 0 Å². The molecule has 3 N–H and O–H groups in total. The molecule has 0 aromatic heterocycles. The van der Waals surface area contributed by atoms with E-state index in [0.29, 0.717) is 5.56 Å². The van der Waals surface area contributed by atoms with E-state index in [0.717, 1.165) is 24.8 Å². The van der Waals surface area contributed by atoms with Crippen LogP contribution in [-0.2, 0) is 10.3 Å². The Morgan fingerprint density at radius 1 is 1.39 bits per heavy atom. The molecule has 0 saturated heterocycles. The second-order valence-electron chi connectivity index (χ2n) is 5.88. The van der Waals surface area contributed by atoms with Crippen molar-refractivity contribution in [1.29, 1.82) is 0 Å². The Kier molecular flexibility index (Phi) is 3.17. The fraction of sp³-hybridized carbons (Fsp3) is 0.500. The van der Waals surface area contributed by atoms with Gasteiger partial charge in [0.05, 0.1) is 5.56 Å². The molecule has 98 valence electrons. The standard InChI is InChI=1S/C14H19NO3/c1-13(2,9-14(15)7-8-14)11-5-3-10(4-6-11)12(16)18-17/h3-6,17H,7-9,15H2,1-2H3. The van der Waals surface area contributed by atoms with Gasteiger partial charge in [0.1, 0.15) is 0 Å². The van der Waals surface area contributed by atoms with E-state index in [1.807, 2.05) is 12.1 Å². The largest absolute Gasteiger partial charge is 0.372 e. The van der Waals surface area contributed by atoms with Crippen LogP contribution >= 0.6 is 0 Å². The maximum Gasteiger partial charge on any atom is 0.372 e. The molecule has 1 fully saturated rings. The van der Waals surface area contributed by atoms with Gasteiger partial charge in [-0.15, -0.1) is 0 Å². The summed E-state index contributed by atoms with van der Waals surface area (Å²) in [6, 6.07) is 7.09. The number of hydrogen-bond acceptors (Lipinski definition) is 4. The molecule has 1 aliphatic rings. The number of rotatable bonds is 4. The number of carbonyl (C=O) groups excluding carboxylic acids is 1. The summed E-state index contributed by atoms with van der Waals surface area (Å²) in [7, 11) is 0. The van der Waals surface area contributed by atoms with Gasteiger partial charge in [-0.2, -0.15) is 5.26 Å². The van der Waals surface area contributed by atoms with Gasteiger partial charge in [-0.05, 0) is 42.4 Å². The summed E-state index contributed by atoms with van der Waals surface area (Å²) in [6.07, 6.45) is 3.11. The predicted octanol–water partition coefficient (Wildman–Crippen LogP) is 2.48. The average Bonchev–Trinajstić information content (AvgIpc) is 3.05. The first-order valence-corrected chi connectivity index (χ1v) is 6.12. The molecule has 0 spiro atoms. The summed E-state index contributed by atoms with van der Waals surface area (Å²) in [5, 5.41) is 8.31. The lowest BCUT2D eigenvalue weighted by Gasteiger charge is -2.28. The molecule has 1 aliphatic carbocycles. The van der Waals surface area contributed by atoms with Crippen molar-refractivity contribution in [3.63, 3.8) is 0 Å². The van der Waals surface area contributed by atoms with Crippen molar-refractivity contribution < 1.29 is 14.9 Å². The maximum atomic E-state index is 11.1. The highest BCUT2D eigenvalue weighted by atomic mass is 17.1. The van der Waals surface area contributed by atoms with Gasteiger partial charge in [0.15, 0.2) is 0 Å². The zero-order valence-corrected chi connectivity index (χ0v) is 10.8. The Morgan fingerprint density at radius 3 is 2.39 bits per heavy atom. The van der Waals surface area contributed by atoms with Crippen LogP contribution in [0.15, 0.2) is 24.3 Å². The topological polar surface area (TPSA) is 72.6 Å². The highest BCUT2D eigenvalue weighted by Gasteiger charge is 2.43. The van der Waals surface area contributed by atoms with Gasteiger partial charge in [0.2, 0.25) is 0 Å². The third-order valence-corrected chi connectivity index (χ3v) is 3.67. The van der Waals surface area contributed by atoms with Gasteiger partial charge in [0, 0.05) is 5.54 Å². The minimum atomic E-state index is -0.739. The molecule has 4 nitrogen and oxygen atoms in total. The molecule has 1 aromatic carbocycles. The van der Waals surface area contributed by atoms with Crippen LogP contribution in [0, 0.1) is 0 Å². The molecular formula is C14H19NO3. The first-order chi connectivity index (χ1) is 8.36. The van der Waals surface area contributed by atoms with Crippen LogP contribution in [0.1, 0.15) is 49.0 Å². The summed E-state index contributed by atoms with van der Waals surface area (Å²) in [5.74, 6) is -0.739. The van der Waals surface area contributed by atoms with E-state index < -0.39 is 5.97 Å². The normalized spacial score (nSPS) is 17.3. The van der Waals surface area contributed by atoms with E-state index in [9.17, 15) is 4.79 Å². The molecule has 1 aromatic rings. The second kappa shape index (κ2) is 4.37. The summed E-state index contributed by atoms with van der Waals surface area (Å²) >= 11 is 0. The lowest BCUT2D eigenvalue weighted by molar-refractivity contribution is -0.182. The highest BCUT2D eigenvalue weighted by molar-refractivity contribution is 5.88. The van der Waals surface area contributed by atoms with Crippen molar-refractivity contribution in [2.45, 2.75) is 44.1 Å². The van der Waals surface area contributed by atoms with Gasteiger partial charge >= 0.3 is 5.97 Å². The van der Waals surface area contributed by atoms with Crippen molar-refractivity contribution in [1.82, 2.24) is 0 Å². The summed E-state index contributed by atoms with van der Waals surface area (Å²) < 4.78 is 0. The minimum Gasteiger partial charge on any atom is -0.325 e. The zero-order valence-electron chi connectivity index (χ0n) is 10.8. The smallest absolute Gasteiger partial charge is 0.325 e. The SMILES string of the molecule is CC(C)(CC1(N)CC1)c1ccc(C(=O)OO)cc1. The van der Waals surface area contributed by atoms with Crippen LogP contribution in [0.25, 0.3) is 0 Å². The van der Waals surface area contributed by atoms with Crippen molar-refractivity contribution in [2.24, 2.45) is 5.73 Å². The van der Waals surface area contributed by atoms with Crippen LogP contribution in [0.3, 0.4) is 0 Å². The molecule has 4 heteroatoms. The lowest BCUT2D eigenvalue weighted by Crippen LogP contribution is -2.32. The number of nitrogens with two attached hydrogens (primary N) is 1. The average molecular weight is 249 g/mol. The first-order valence-electron chi connectivity index (χ1n) is 6.12. The molecule has 0 unspecified atom stereocenters. The fourth-order valence-corrected chi connectivity index (χ4v) is 2.43. The molecule has 0 heterocycles. The maximum absolute atomic E-state index is 11.1. The summed E-state index contributed by atoms with van der Waals surface area (Å²) in [5.41, 5.74) is 7.61. The molecule has 18 heavy (non-hydrogen) atoms. The van der Waals surface area contributed by atoms with Crippen LogP contribution in [-0.4, -0.2) is 16.8 Å². The lowest BCUT2D eigenvalue weighted by atomic mass is 9.78. The summed E-state index contributed by atoms with van der Waals surface area (Å²) in [4.78, 5) is 14.8. The van der Waals surface area contributed by atoms with Gasteiger partial charge in [-0.25, -0.2) is 4.79 Å². The highest BCUT2D eigenvalue weighted by Crippen LogP contribution is 2.43. The van der Waals surface area contributed by atoms with Gasteiger partial charge in [0.25, 0.3) is 0 Å².